The van der Waals surface area contributed by atoms with Crippen molar-refractivity contribution in [2.24, 2.45) is 11.7 Å². The first-order valence-corrected chi connectivity index (χ1v) is 6.63. The maximum atomic E-state index is 11.5. The second kappa shape index (κ2) is 6.24. The van der Waals surface area contributed by atoms with Crippen molar-refractivity contribution in [3.05, 3.63) is 0 Å². The van der Waals surface area contributed by atoms with Crippen LogP contribution in [0.5, 0.6) is 0 Å². The molecule has 1 fully saturated rings. The van der Waals surface area contributed by atoms with E-state index in [0.717, 1.165) is 25.3 Å². The van der Waals surface area contributed by atoms with E-state index in [0.29, 0.717) is 0 Å². The molecule has 0 saturated heterocycles. The fourth-order valence-corrected chi connectivity index (χ4v) is 1.90. The number of primary amides is 1. The molecule has 0 aromatic rings. The molecular weight excluding hydrogens is 200 g/mol. The molecule has 16 heavy (non-hydrogen) atoms. The third-order valence-electron chi connectivity index (χ3n) is 3.55. The van der Waals surface area contributed by atoms with Gasteiger partial charge < -0.3 is 11.1 Å². The molecule has 1 unspecified atom stereocenters. The normalized spacial score (nSPS) is 19.4. The summed E-state index contributed by atoms with van der Waals surface area (Å²) in [6, 6.07) is 0. The van der Waals surface area contributed by atoms with E-state index in [1.807, 2.05) is 6.92 Å². The highest BCUT2D eigenvalue weighted by Crippen LogP contribution is 2.28. The lowest BCUT2D eigenvalue weighted by molar-refractivity contribution is -0.124. The molecule has 1 aliphatic carbocycles. The first-order valence-electron chi connectivity index (χ1n) is 6.63. The average Bonchev–Trinajstić information content (AvgIpc) is 3.05. The Labute approximate surface area is 99.2 Å². The van der Waals surface area contributed by atoms with Crippen LogP contribution in [0.15, 0.2) is 0 Å². The monoisotopic (exact) mass is 226 g/mol. The second-order valence-corrected chi connectivity index (χ2v) is 5.33. The summed E-state index contributed by atoms with van der Waals surface area (Å²) in [5, 5.41) is 3.36. The maximum absolute atomic E-state index is 11.5. The van der Waals surface area contributed by atoms with Crippen LogP contribution in [0.1, 0.15) is 58.8 Å². The van der Waals surface area contributed by atoms with E-state index in [9.17, 15) is 4.79 Å². The first kappa shape index (κ1) is 13.5. The Kier molecular flexibility index (Phi) is 5.26. The van der Waals surface area contributed by atoms with Gasteiger partial charge in [0.1, 0.15) is 0 Å². The Balaban J connectivity index is 2.27. The highest BCUT2D eigenvalue weighted by Gasteiger charge is 2.32. The van der Waals surface area contributed by atoms with Gasteiger partial charge in [-0.05, 0) is 38.6 Å². The Morgan fingerprint density at radius 2 is 2.06 bits per heavy atom. The molecule has 3 heteroatoms. The molecule has 94 valence electrons. The Morgan fingerprint density at radius 1 is 1.38 bits per heavy atom. The van der Waals surface area contributed by atoms with E-state index in [2.05, 4.69) is 12.2 Å². The zero-order valence-corrected chi connectivity index (χ0v) is 10.7. The summed E-state index contributed by atoms with van der Waals surface area (Å²) >= 11 is 0. The number of unbranched alkanes of at least 4 members (excludes halogenated alkanes) is 3. The van der Waals surface area contributed by atoms with Gasteiger partial charge in [-0.25, -0.2) is 0 Å². The van der Waals surface area contributed by atoms with E-state index >= 15 is 0 Å². The van der Waals surface area contributed by atoms with E-state index < -0.39 is 5.54 Å². The van der Waals surface area contributed by atoms with Crippen LogP contribution in [0.25, 0.3) is 0 Å². The average molecular weight is 226 g/mol. The van der Waals surface area contributed by atoms with E-state index in [-0.39, 0.29) is 5.91 Å². The van der Waals surface area contributed by atoms with Gasteiger partial charge in [-0.3, -0.25) is 4.79 Å². The fraction of sp³-hybridized carbons (Fsp3) is 0.923. The van der Waals surface area contributed by atoms with Crippen molar-refractivity contribution in [1.82, 2.24) is 5.32 Å². The second-order valence-electron chi connectivity index (χ2n) is 5.33. The molecule has 0 heterocycles. The summed E-state index contributed by atoms with van der Waals surface area (Å²) < 4.78 is 0. The first-order chi connectivity index (χ1) is 7.58. The Bertz CT molecular complexity index is 226. The molecule has 1 atom stereocenters. The molecule has 0 aromatic heterocycles. The molecule has 1 amide bonds. The zero-order valence-electron chi connectivity index (χ0n) is 10.7. The standard InChI is InChI=1S/C13H26N2O/c1-3-4-5-6-9-13(2,12(14)16)15-10-11-7-8-11/h11,15H,3-10H2,1-2H3,(H2,14,16). The van der Waals surface area contributed by atoms with Gasteiger partial charge in [0.15, 0.2) is 0 Å². The minimum Gasteiger partial charge on any atom is -0.368 e. The highest BCUT2D eigenvalue weighted by atomic mass is 16.1. The molecule has 0 spiro atoms. The molecule has 1 aliphatic rings. The molecule has 0 aromatic carbocycles. The summed E-state index contributed by atoms with van der Waals surface area (Å²) in [4.78, 5) is 11.5. The van der Waals surface area contributed by atoms with Gasteiger partial charge in [0, 0.05) is 0 Å². The van der Waals surface area contributed by atoms with Crippen molar-refractivity contribution in [3.63, 3.8) is 0 Å². The molecular formula is C13H26N2O. The molecule has 3 nitrogen and oxygen atoms in total. The summed E-state index contributed by atoms with van der Waals surface area (Å²) in [6.07, 6.45) is 8.24. The fourth-order valence-electron chi connectivity index (χ4n) is 1.90. The number of hydrogen-bond donors (Lipinski definition) is 2. The molecule has 0 radical (unpaired) electrons. The molecule has 1 rings (SSSR count). The van der Waals surface area contributed by atoms with Crippen LogP contribution in [0.3, 0.4) is 0 Å². The van der Waals surface area contributed by atoms with E-state index in [4.69, 9.17) is 5.73 Å². The Morgan fingerprint density at radius 3 is 2.56 bits per heavy atom. The van der Waals surface area contributed by atoms with Crippen molar-refractivity contribution in [3.8, 4) is 0 Å². The smallest absolute Gasteiger partial charge is 0.237 e. The minimum atomic E-state index is -0.490. The van der Waals surface area contributed by atoms with Crippen LogP contribution in [-0.4, -0.2) is 18.0 Å². The summed E-state index contributed by atoms with van der Waals surface area (Å²) in [5.74, 6) is 0.582. The van der Waals surface area contributed by atoms with Crippen molar-refractivity contribution in [2.75, 3.05) is 6.54 Å². The Hall–Kier alpha value is -0.570. The topological polar surface area (TPSA) is 55.1 Å². The van der Waals surface area contributed by atoms with Crippen LogP contribution >= 0.6 is 0 Å². The SMILES string of the molecule is CCCCCCC(C)(NCC1CC1)C(N)=O. The quantitative estimate of drug-likeness (QED) is 0.592. The number of rotatable bonds is 9. The van der Waals surface area contributed by atoms with E-state index in [1.54, 1.807) is 0 Å². The van der Waals surface area contributed by atoms with E-state index in [1.165, 1.54) is 32.1 Å². The number of hydrogen-bond acceptors (Lipinski definition) is 2. The van der Waals surface area contributed by atoms with Crippen molar-refractivity contribution in [2.45, 2.75) is 64.3 Å². The lowest BCUT2D eigenvalue weighted by atomic mass is 9.93. The van der Waals surface area contributed by atoms with Gasteiger partial charge in [-0.1, -0.05) is 32.6 Å². The number of nitrogens with one attached hydrogen (secondary N) is 1. The van der Waals surface area contributed by atoms with Crippen molar-refractivity contribution in [1.29, 1.82) is 0 Å². The maximum Gasteiger partial charge on any atom is 0.237 e. The van der Waals surface area contributed by atoms with Crippen LogP contribution < -0.4 is 11.1 Å². The number of carbonyl (C=O) groups is 1. The van der Waals surface area contributed by atoms with Gasteiger partial charge in [0.05, 0.1) is 5.54 Å². The van der Waals surface area contributed by atoms with Gasteiger partial charge in [-0.15, -0.1) is 0 Å². The highest BCUT2D eigenvalue weighted by molar-refractivity contribution is 5.84. The largest absolute Gasteiger partial charge is 0.368 e. The number of nitrogens with two attached hydrogens (primary N) is 1. The third-order valence-corrected chi connectivity index (χ3v) is 3.55. The van der Waals surface area contributed by atoms with Crippen molar-refractivity contribution < 1.29 is 4.79 Å². The van der Waals surface area contributed by atoms with Crippen molar-refractivity contribution >= 4 is 5.91 Å². The molecule has 1 saturated carbocycles. The van der Waals surface area contributed by atoms with Gasteiger partial charge in [0.25, 0.3) is 0 Å². The minimum absolute atomic E-state index is 0.204. The predicted molar refractivity (Wildman–Crippen MR) is 67.1 cm³/mol. The lowest BCUT2D eigenvalue weighted by Crippen LogP contribution is -2.53. The number of carbonyl (C=O) groups excluding carboxylic acids is 1. The van der Waals surface area contributed by atoms with Gasteiger partial charge >= 0.3 is 0 Å². The third kappa shape index (κ3) is 4.52. The van der Waals surface area contributed by atoms with Crippen LogP contribution in [0, 0.1) is 5.92 Å². The zero-order chi connectivity index (χ0) is 12.0. The van der Waals surface area contributed by atoms with Gasteiger partial charge in [0.2, 0.25) is 5.91 Å². The van der Waals surface area contributed by atoms with Crippen LogP contribution in [0.4, 0.5) is 0 Å². The lowest BCUT2D eigenvalue weighted by Gasteiger charge is -2.27. The molecule has 0 aliphatic heterocycles. The molecule has 3 N–H and O–H groups in total. The van der Waals surface area contributed by atoms with Crippen LogP contribution in [0.2, 0.25) is 0 Å². The summed E-state index contributed by atoms with van der Waals surface area (Å²) in [6.45, 7) is 5.09. The predicted octanol–water partition coefficient (Wildman–Crippen LogP) is 2.20. The molecule has 0 bridgehead atoms. The van der Waals surface area contributed by atoms with Crippen LogP contribution in [-0.2, 0) is 4.79 Å². The number of amides is 1. The summed E-state index contributed by atoms with van der Waals surface area (Å²) in [7, 11) is 0. The summed E-state index contributed by atoms with van der Waals surface area (Å²) in [5.41, 5.74) is 5.00. The van der Waals surface area contributed by atoms with Gasteiger partial charge in [-0.2, -0.15) is 0 Å².